The molecule has 11 nitrogen and oxygen atoms in total. The molecule has 1 fully saturated rings. The molecule has 1 aromatic rings. The molecule has 0 radical (unpaired) electrons. The van der Waals surface area contributed by atoms with Crippen LogP contribution in [0.4, 0.5) is 5.69 Å². The minimum absolute atomic E-state index is 0.0882. The summed E-state index contributed by atoms with van der Waals surface area (Å²) in [5.41, 5.74) is 13.2. The molecule has 7 N–H and O–H groups in total. The van der Waals surface area contributed by atoms with Crippen LogP contribution in [-0.4, -0.2) is 92.8 Å². The summed E-state index contributed by atoms with van der Waals surface area (Å²) >= 11 is 0. The van der Waals surface area contributed by atoms with E-state index in [1.54, 1.807) is 24.8 Å². The Hall–Kier alpha value is -3.28. The molecule has 1 heterocycles. The molecule has 39 heavy (non-hydrogen) atoms. The molecule has 2 rings (SSSR count). The number of nitrogens with one attached hydrogen (secondary N) is 3. The van der Waals surface area contributed by atoms with Gasteiger partial charge >= 0.3 is 0 Å². The van der Waals surface area contributed by atoms with Gasteiger partial charge in [0.2, 0.25) is 18.7 Å². The van der Waals surface area contributed by atoms with Gasteiger partial charge in [0.05, 0.1) is 11.1 Å². The summed E-state index contributed by atoms with van der Waals surface area (Å²) in [4.78, 5) is 43.2. The zero-order valence-electron chi connectivity index (χ0n) is 23.4. The highest BCUT2D eigenvalue weighted by molar-refractivity contribution is 5.95. The molecular formula is C28H46N8O3. The van der Waals surface area contributed by atoms with Crippen LogP contribution in [0, 0.1) is 5.41 Å². The van der Waals surface area contributed by atoms with Crippen LogP contribution in [0.25, 0.3) is 0 Å². The lowest BCUT2D eigenvalue weighted by atomic mass is 9.92. The molecule has 1 aromatic carbocycles. The number of carbonyl (C=O) groups is 3. The Kier molecular flexibility index (Phi) is 14.2. The number of likely N-dealkylation sites (tertiary alicyclic amines) is 1. The van der Waals surface area contributed by atoms with Crippen LogP contribution in [0.15, 0.2) is 41.5 Å². The van der Waals surface area contributed by atoms with E-state index < -0.39 is 5.41 Å². The van der Waals surface area contributed by atoms with Crippen LogP contribution >= 0.6 is 0 Å². The largest absolute Gasteiger partial charge is 0.368 e. The number of carbonyl (C=O) groups excluding carboxylic acids is 3. The van der Waals surface area contributed by atoms with Gasteiger partial charge in [-0.05, 0) is 76.4 Å². The quantitative estimate of drug-likeness (QED) is 0.0880. The van der Waals surface area contributed by atoms with Crippen LogP contribution in [0.1, 0.15) is 38.7 Å². The van der Waals surface area contributed by atoms with Gasteiger partial charge in [-0.1, -0.05) is 12.1 Å². The van der Waals surface area contributed by atoms with Crippen LogP contribution in [-0.2, 0) is 20.8 Å². The molecule has 3 amide bonds. The maximum atomic E-state index is 13.0. The number of amidine groups is 1. The first-order valence-corrected chi connectivity index (χ1v) is 13.7. The zero-order chi connectivity index (χ0) is 28.5. The molecule has 1 unspecified atom stereocenters. The molecule has 1 aliphatic heterocycles. The fraction of sp³-hybridized carbons (Fsp3) is 0.571. The lowest BCUT2D eigenvalue weighted by Gasteiger charge is -2.31. The summed E-state index contributed by atoms with van der Waals surface area (Å²) in [6.45, 7) is 8.50. The average Bonchev–Trinajstić information content (AvgIpc) is 3.15. The second-order valence-electron chi connectivity index (χ2n) is 10.4. The fourth-order valence-electron chi connectivity index (χ4n) is 4.28. The Bertz CT molecular complexity index is 949. The number of nitrogens with zero attached hydrogens (tertiary/aromatic N) is 3. The minimum Gasteiger partial charge on any atom is -0.368 e. The molecular weight excluding hydrogens is 496 g/mol. The van der Waals surface area contributed by atoms with E-state index in [-0.39, 0.29) is 12.5 Å². The summed E-state index contributed by atoms with van der Waals surface area (Å²) < 4.78 is 0. The molecule has 0 aliphatic carbocycles. The van der Waals surface area contributed by atoms with E-state index in [0.29, 0.717) is 50.9 Å². The summed E-state index contributed by atoms with van der Waals surface area (Å²) in [6.07, 6.45) is 8.64. The predicted octanol–water partition coefficient (Wildman–Crippen LogP) is 0.481. The first kappa shape index (κ1) is 31.9. The van der Waals surface area contributed by atoms with Gasteiger partial charge in [0.15, 0.2) is 0 Å². The minimum atomic E-state index is -0.715. The SMILES string of the molecule is CC(C)(CN)C(=O)N(CCNC=O)CCNC(/C=C\NC=O)=N/c1ccc(CCN2CCCC(N)CC2)cc1. The predicted molar refractivity (Wildman–Crippen MR) is 155 cm³/mol. The van der Waals surface area contributed by atoms with Gasteiger partial charge in [-0.25, -0.2) is 4.99 Å². The Labute approximate surface area is 232 Å². The smallest absolute Gasteiger partial charge is 0.229 e. The van der Waals surface area contributed by atoms with Gasteiger partial charge in [-0.15, -0.1) is 0 Å². The third-order valence-electron chi connectivity index (χ3n) is 6.85. The third-order valence-corrected chi connectivity index (χ3v) is 6.85. The van der Waals surface area contributed by atoms with E-state index in [0.717, 1.165) is 51.0 Å². The molecule has 1 saturated heterocycles. The first-order valence-electron chi connectivity index (χ1n) is 13.7. The van der Waals surface area contributed by atoms with Gasteiger partial charge in [-0.2, -0.15) is 0 Å². The van der Waals surface area contributed by atoms with Crippen molar-refractivity contribution in [2.45, 2.75) is 45.6 Å². The number of hydrogen-bond donors (Lipinski definition) is 5. The number of hydrogen-bond acceptors (Lipinski definition) is 7. The number of aliphatic imine (C=N–C) groups is 1. The summed E-state index contributed by atoms with van der Waals surface area (Å²) in [6, 6.07) is 8.44. The molecule has 1 atom stereocenters. The van der Waals surface area contributed by atoms with Crippen molar-refractivity contribution in [3.63, 3.8) is 0 Å². The van der Waals surface area contributed by atoms with Crippen molar-refractivity contribution < 1.29 is 14.4 Å². The van der Waals surface area contributed by atoms with Gasteiger partial charge in [0.25, 0.3) is 0 Å². The number of benzene rings is 1. The molecule has 11 heteroatoms. The lowest BCUT2D eigenvalue weighted by molar-refractivity contribution is -0.139. The normalized spacial score (nSPS) is 16.9. The maximum absolute atomic E-state index is 13.0. The first-order chi connectivity index (χ1) is 18.8. The second-order valence-corrected chi connectivity index (χ2v) is 10.4. The van der Waals surface area contributed by atoms with Crippen molar-refractivity contribution in [3.8, 4) is 0 Å². The van der Waals surface area contributed by atoms with Crippen molar-refractivity contribution in [1.82, 2.24) is 25.8 Å². The van der Waals surface area contributed by atoms with Crippen molar-refractivity contribution in [2.24, 2.45) is 21.9 Å². The molecule has 0 saturated carbocycles. The molecule has 0 aromatic heterocycles. The van der Waals surface area contributed by atoms with Crippen LogP contribution in [0.2, 0.25) is 0 Å². The Balaban J connectivity index is 2.01. The van der Waals surface area contributed by atoms with Crippen LogP contribution in [0.5, 0.6) is 0 Å². The highest BCUT2D eigenvalue weighted by atomic mass is 16.2. The van der Waals surface area contributed by atoms with Crippen molar-refractivity contribution in [3.05, 3.63) is 42.1 Å². The van der Waals surface area contributed by atoms with Crippen LogP contribution in [0.3, 0.4) is 0 Å². The maximum Gasteiger partial charge on any atom is 0.229 e. The van der Waals surface area contributed by atoms with Crippen molar-refractivity contribution in [2.75, 3.05) is 52.4 Å². The van der Waals surface area contributed by atoms with Gasteiger partial charge in [-0.3, -0.25) is 14.4 Å². The highest BCUT2D eigenvalue weighted by Gasteiger charge is 2.30. The van der Waals surface area contributed by atoms with Gasteiger partial charge in [0.1, 0.15) is 5.84 Å². The second kappa shape index (κ2) is 17.3. The molecule has 1 aliphatic rings. The van der Waals surface area contributed by atoms with Gasteiger partial charge < -0.3 is 37.2 Å². The van der Waals surface area contributed by atoms with Gasteiger partial charge in [0, 0.05) is 51.5 Å². The van der Waals surface area contributed by atoms with E-state index in [1.165, 1.54) is 11.8 Å². The Morgan fingerprint density at radius 1 is 1.13 bits per heavy atom. The number of nitrogens with two attached hydrogens (primary N) is 2. The van der Waals surface area contributed by atoms with E-state index in [9.17, 15) is 14.4 Å². The molecule has 0 bridgehead atoms. The Morgan fingerprint density at radius 3 is 2.56 bits per heavy atom. The van der Waals surface area contributed by atoms with E-state index in [4.69, 9.17) is 11.5 Å². The van der Waals surface area contributed by atoms with E-state index in [1.807, 2.05) is 12.1 Å². The zero-order valence-corrected chi connectivity index (χ0v) is 23.4. The molecule has 216 valence electrons. The van der Waals surface area contributed by atoms with Crippen molar-refractivity contribution in [1.29, 1.82) is 0 Å². The third kappa shape index (κ3) is 12.0. The highest BCUT2D eigenvalue weighted by Crippen LogP contribution is 2.17. The summed E-state index contributed by atoms with van der Waals surface area (Å²) in [5.74, 6) is 0.448. The van der Waals surface area contributed by atoms with Crippen LogP contribution < -0.4 is 27.4 Å². The number of rotatable bonds is 16. The monoisotopic (exact) mass is 542 g/mol. The Morgan fingerprint density at radius 2 is 1.87 bits per heavy atom. The van der Waals surface area contributed by atoms with Crippen molar-refractivity contribution >= 4 is 30.3 Å². The summed E-state index contributed by atoms with van der Waals surface area (Å²) in [5, 5.41) is 8.33. The topological polar surface area (TPSA) is 158 Å². The van der Waals surface area contributed by atoms with E-state index in [2.05, 4.69) is 38.0 Å². The fourth-order valence-corrected chi connectivity index (χ4v) is 4.28. The lowest BCUT2D eigenvalue weighted by Crippen LogP contribution is -2.49. The standard InChI is InChI=1S/C28H46N8O3/c1-28(2,20-29)27(39)36(18-13-32-22-38)19-14-33-26(9-12-31-21-37)34-25-7-5-23(6-8-25)10-16-35-15-3-4-24(30)11-17-35/h5-9,12,21-22,24H,3-4,10-11,13-20,29-30H2,1-2H3,(H,31,37)(H,32,38)(H,33,34)/b12-9-. The van der Waals surface area contributed by atoms with E-state index >= 15 is 0 Å². The average molecular weight is 543 g/mol. The number of amides is 3. The molecule has 0 spiro atoms. The summed E-state index contributed by atoms with van der Waals surface area (Å²) in [7, 11) is 0.